The molecule has 1 unspecified atom stereocenters. The SMILES string of the molecule is CN(CC(O)C1CC1)C(=O)NCc1cccc2ccccc12. The van der Waals surface area contributed by atoms with Crippen LogP contribution in [0.4, 0.5) is 4.79 Å². The molecular formula is C18H22N2O2. The molecule has 1 aliphatic rings. The van der Waals surface area contributed by atoms with Crippen molar-refractivity contribution < 1.29 is 9.90 Å². The number of nitrogens with zero attached hydrogens (tertiary/aromatic N) is 1. The number of aliphatic hydroxyl groups excluding tert-OH is 1. The average Bonchev–Trinajstić information content (AvgIpc) is 3.37. The fourth-order valence-corrected chi connectivity index (χ4v) is 2.75. The third kappa shape index (κ3) is 3.39. The van der Waals surface area contributed by atoms with E-state index in [4.69, 9.17) is 0 Å². The summed E-state index contributed by atoms with van der Waals surface area (Å²) in [4.78, 5) is 13.7. The van der Waals surface area contributed by atoms with Crippen LogP contribution in [0.2, 0.25) is 0 Å². The number of rotatable bonds is 5. The van der Waals surface area contributed by atoms with E-state index < -0.39 is 6.10 Å². The fourth-order valence-electron chi connectivity index (χ4n) is 2.75. The first-order chi connectivity index (χ1) is 10.6. The first kappa shape index (κ1) is 14.9. The minimum atomic E-state index is -0.395. The van der Waals surface area contributed by atoms with Gasteiger partial charge in [-0.1, -0.05) is 42.5 Å². The van der Waals surface area contributed by atoms with E-state index in [0.717, 1.165) is 23.8 Å². The summed E-state index contributed by atoms with van der Waals surface area (Å²) >= 11 is 0. The lowest BCUT2D eigenvalue weighted by Gasteiger charge is -2.21. The first-order valence-corrected chi connectivity index (χ1v) is 7.79. The quantitative estimate of drug-likeness (QED) is 0.892. The van der Waals surface area contributed by atoms with Gasteiger partial charge in [-0.3, -0.25) is 0 Å². The summed E-state index contributed by atoms with van der Waals surface area (Å²) in [6, 6.07) is 14.1. The van der Waals surface area contributed by atoms with Gasteiger partial charge in [-0.15, -0.1) is 0 Å². The lowest BCUT2D eigenvalue weighted by Crippen LogP contribution is -2.41. The smallest absolute Gasteiger partial charge is 0.317 e. The number of nitrogens with one attached hydrogen (secondary N) is 1. The topological polar surface area (TPSA) is 52.6 Å². The molecule has 22 heavy (non-hydrogen) atoms. The zero-order valence-electron chi connectivity index (χ0n) is 12.8. The van der Waals surface area contributed by atoms with E-state index in [-0.39, 0.29) is 6.03 Å². The van der Waals surface area contributed by atoms with Crippen molar-refractivity contribution >= 4 is 16.8 Å². The standard InChI is InChI=1S/C18H22N2O2/c1-20(12-17(21)14-9-10-14)18(22)19-11-15-7-4-6-13-5-2-3-8-16(13)15/h2-8,14,17,21H,9-12H2,1H3,(H,19,22). The Kier molecular flexibility index (Phi) is 4.29. The highest BCUT2D eigenvalue weighted by atomic mass is 16.3. The monoisotopic (exact) mass is 298 g/mol. The van der Waals surface area contributed by atoms with Crippen LogP contribution < -0.4 is 5.32 Å². The number of carbonyl (C=O) groups is 1. The Morgan fingerprint density at radius 3 is 2.77 bits per heavy atom. The summed E-state index contributed by atoms with van der Waals surface area (Å²) in [6.07, 6.45) is 1.76. The van der Waals surface area contributed by atoms with Gasteiger partial charge in [0.05, 0.1) is 6.10 Å². The van der Waals surface area contributed by atoms with Crippen LogP contribution in [0.3, 0.4) is 0 Å². The van der Waals surface area contributed by atoms with Crippen LogP contribution in [-0.2, 0) is 6.54 Å². The molecule has 4 heteroatoms. The number of carbonyl (C=O) groups excluding carboxylic acids is 1. The lowest BCUT2D eigenvalue weighted by molar-refractivity contribution is 0.113. The molecule has 2 aromatic rings. The van der Waals surface area contributed by atoms with Gasteiger partial charge in [0.15, 0.2) is 0 Å². The molecule has 2 aromatic carbocycles. The summed E-state index contributed by atoms with van der Waals surface area (Å²) in [5.74, 6) is 0.383. The van der Waals surface area contributed by atoms with Gasteiger partial charge >= 0.3 is 6.03 Å². The molecule has 3 rings (SSSR count). The molecule has 1 fully saturated rings. The largest absolute Gasteiger partial charge is 0.391 e. The summed E-state index contributed by atoms with van der Waals surface area (Å²) in [5.41, 5.74) is 1.10. The Bertz CT molecular complexity index is 662. The summed E-state index contributed by atoms with van der Waals surface area (Å²) < 4.78 is 0. The van der Waals surface area contributed by atoms with Crippen molar-refractivity contribution in [2.24, 2.45) is 5.92 Å². The highest BCUT2D eigenvalue weighted by Gasteiger charge is 2.31. The van der Waals surface area contributed by atoms with Crippen molar-refractivity contribution in [3.05, 3.63) is 48.0 Å². The van der Waals surface area contributed by atoms with Crippen molar-refractivity contribution in [1.82, 2.24) is 10.2 Å². The Morgan fingerprint density at radius 1 is 1.27 bits per heavy atom. The van der Waals surface area contributed by atoms with Gasteiger partial charge in [0.25, 0.3) is 0 Å². The zero-order valence-corrected chi connectivity index (χ0v) is 12.8. The van der Waals surface area contributed by atoms with E-state index in [2.05, 4.69) is 23.5 Å². The first-order valence-electron chi connectivity index (χ1n) is 7.79. The maximum atomic E-state index is 12.1. The Balaban J connectivity index is 1.59. The average molecular weight is 298 g/mol. The van der Waals surface area contributed by atoms with Crippen molar-refractivity contribution in [3.63, 3.8) is 0 Å². The normalized spacial score (nSPS) is 15.5. The van der Waals surface area contributed by atoms with Crippen molar-refractivity contribution in [1.29, 1.82) is 0 Å². The molecule has 0 bridgehead atoms. The molecular weight excluding hydrogens is 276 g/mol. The number of fused-ring (bicyclic) bond motifs is 1. The maximum absolute atomic E-state index is 12.1. The summed E-state index contributed by atoms with van der Waals surface area (Å²) in [7, 11) is 1.73. The number of benzene rings is 2. The number of hydrogen-bond acceptors (Lipinski definition) is 2. The Morgan fingerprint density at radius 2 is 2.00 bits per heavy atom. The molecule has 0 saturated heterocycles. The van der Waals surface area contributed by atoms with Crippen LogP contribution in [0, 0.1) is 5.92 Å². The lowest BCUT2D eigenvalue weighted by atomic mass is 10.0. The van der Waals surface area contributed by atoms with Gasteiger partial charge in [0.2, 0.25) is 0 Å². The highest BCUT2D eigenvalue weighted by molar-refractivity contribution is 5.86. The molecule has 2 amide bonds. The molecule has 2 N–H and O–H groups in total. The third-order valence-electron chi connectivity index (χ3n) is 4.28. The van der Waals surface area contributed by atoms with E-state index in [1.165, 1.54) is 5.39 Å². The van der Waals surface area contributed by atoms with E-state index in [9.17, 15) is 9.90 Å². The molecule has 1 atom stereocenters. The van der Waals surface area contributed by atoms with Crippen molar-refractivity contribution in [2.75, 3.05) is 13.6 Å². The number of urea groups is 1. The molecule has 4 nitrogen and oxygen atoms in total. The van der Waals surface area contributed by atoms with E-state index in [0.29, 0.717) is 19.0 Å². The molecule has 0 heterocycles. The van der Waals surface area contributed by atoms with Crippen LogP contribution in [0.1, 0.15) is 18.4 Å². The molecule has 116 valence electrons. The highest BCUT2D eigenvalue weighted by Crippen LogP contribution is 2.32. The third-order valence-corrected chi connectivity index (χ3v) is 4.28. The van der Waals surface area contributed by atoms with Crippen molar-refractivity contribution in [3.8, 4) is 0 Å². The van der Waals surface area contributed by atoms with Crippen LogP contribution in [0.5, 0.6) is 0 Å². The predicted octanol–water partition coefficient (Wildman–Crippen LogP) is 2.75. The number of amides is 2. The second-order valence-corrected chi connectivity index (χ2v) is 6.08. The minimum absolute atomic E-state index is 0.146. The molecule has 1 saturated carbocycles. The second-order valence-electron chi connectivity index (χ2n) is 6.08. The summed E-state index contributed by atoms with van der Waals surface area (Å²) in [5, 5.41) is 15.2. The van der Waals surface area contributed by atoms with Gasteiger partial charge in [-0.05, 0) is 35.1 Å². The molecule has 0 spiro atoms. The molecule has 0 radical (unpaired) electrons. The molecule has 0 aromatic heterocycles. The summed E-state index contributed by atoms with van der Waals surface area (Å²) in [6.45, 7) is 0.885. The van der Waals surface area contributed by atoms with E-state index in [1.54, 1.807) is 11.9 Å². The van der Waals surface area contributed by atoms with Crippen LogP contribution in [0.25, 0.3) is 10.8 Å². The second kappa shape index (κ2) is 6.36. The van der Waals surface area contributed by atoms with Gasteiger partial charge in [0, 0.05) is 20.1 Å². The Hall–Kier alpha value is -2.07. The minimum Gasteiger partial charge on any atom is -0.391 e. The molecule has 1 aliphatic carbocycles. The predicted molar refractivity (Wildman–Crippen MR) is 87.5 cm³/mol. The van der Waals surface area contributed by atoms with Crippen LogP contribution in [-0.4, -0.2) is 35.7 Å². The molecule has 0 aliphatic heterocycles. The van der Waals surface area contributed by atoms with Gasteiger partial charge in [0.1, 0.15) is 0 Å². The number of aliphatic hydroxyl groups is 1. The van der Waals surface area contributed by atoms with E-state index >= 15 is 0 Å². The van der Waals surface area contributed by atoms with Gasteiger partial charge in [-0.25, -0.2) is 4.79 Å². The number of hydrogen-bond donors (Lipinski definition) is 2. The van der Waals surface area contributed by atoms with Gasteiger partial charge < -0.3 is 15.3 Å². The van der Waals surface area contributed by atoms with E-state index in [1.807, 2.05) is 24.3 Å². The number of likely N-dealkylation sites (N-methyl/N-ethyl adjacent to an activating group) is 1. The Labute approximate surface area is 130 Å². The fraction of sp³-hybridized carbons (Fsp3) is 0.389. The zero-order chi connectivity index (χ0) is 15.5. The van der Waals surface area contributed by atoms with Crippen LogP contribution in [0.15, 0.2) is 42.5 Å². The van der Waals surface area contributed by atoms with Gasteiger partial charge in [-0.2, -0.15) is 0 Å². The maximum Gasteiger partial charge on any atom is 0.317 e. The van der Waals surface area contributed by atoms with Crippen LogP contribution >= 0.6 is 0 Å². The van der Waals surface area contributed by atoms with Crippen molar-refractivity contribution in [2.45, 2.75) is 25.5 Å².